The van der Waals surface area contributed by atoms with Crippen LogP contribution in [0.4, 0.5) is 5.69 Å². The van der Waals surface area contributed by atoms with Gasteiger partial charge in [-0.25, -0.2) is 13.2 Å². The summed E-state index contributed by atoms with van der Waals surface area (Å²) in [6.07, 6.45) is 0. The second kappa shape index (κ2) is 7.69. The summed E-state index contributed by atoms with van der Waals surface area (Å²) in [5.41, 5.74) is 0.705. The van der Waals surface area contributed by atoms with Crippen molar-refractivity contribution < 1.29 is 18.3 Å². The molecular weight excluding hydrogens is 453 g/mol. The molecule has 140 valence electrons. The van der Waals surface area contributed by atoms with Crippen LogP contribution in [0, 0.1) is 0 Å². The van der Waals surface area contributed by atoms with Crippen molar-refractivity contribution in [3.8, 4) is 10.4 Å². The number of thiophene rings is 1. The van der Waals surface area contributed by atoms with E-state index in [-0.39, 0.29) is 30.5 Å². The quantitative estimate of drug-likeness (QED) is 0.464. The molecule has 1 heterocycles. The Bertz CT molecular complexity index is 1130. The minimum Gasteiger partial charge on any atom is -0.477 e. The molecule has 1 aromatic heterocycles. The van der Waals surface area contributed by atoms with Gasteiger partial charge in [0, 0.05) is 4.88 Å². The summed E-state index contributed by atoms with van der Waals surface area (Å²) in [6.45, 7) is 0. The van der Waals surface area contributed by atoms with Crippen LogP contribution in [0.1, 0.15) is 9.67 Å². The second-order valence-electron chi connectivity index (χ2n) is 5.30. The van der Waals surface area contributed by atoms with Crippen molar-refractivity contribution in [2.75, 3.05) is 4.72 Å². The van der Waals surface area contributed by atoms with Gasteiger partial charge < -0.3 is 5.11 Å². The van der Waals surface area contributed by atoms with E-state index in [4.69, 9.17) is 34.8 Å². The van der Waals surface area contributed by atoms with Gasteiger partial charge in [0.25, 0.3) is 10.0 Å². The summed E-state index contributed by atoms with van der Waals surface area (Å²) in [4.78, 5) is 11.7. The highest BCUT2D eigenvalue weighted by molar-refractivity contribution is 7.92. The number of benzene rings is 2. The topological polar surface area (TPSA) is 83.5 Å². The van der Waals surface area contributed by atoms with Gasteiger partial charge >= 0.3 is 5.97 Å². The van der Waals surface area contributed by atoms with Gasteiger partial charge in [-0.1, -0.05) is 65.1 Å². The monoisotopic (exact) mass is 461 g/mol. The molecule has 0 atom stereocenters. The highest BCUT2D eigenvalue weighted by Crippen LogP contribution is 2.38. The first kappa shape index (κ1) is 20.0. The summed E-state index contributed by atoms with van der Waals surface area (Å²) in [5.74, 6) is -1.25. The Morgan fingerprint density at radius 3 is 2.30 bits per heavy atom. The zero-order valence-electron chi connectivity index (χ0n) is 13.2. The average molecular weight is 463 g/mol. The normalized spacial score (nSPS) is 11.4. The Kier molecular flexibility index (Phi) is 5.69. The predicted molar refractivity (Wildman–Crippen MR) is 109 cm³/mol. The van der Waals surface area contributed by atoms with Crippen molar-refractivity contribution in [3.05, 3.63) is 68.5 Å². The van der Waals surface area contributed by atoms with Crippen LogP contribution in [0.3, 0.4) is 0 Å². The lowest BCUT2D eigenvalue weighted by Crippen LogP contribution is -2.15. The fraction of sp³-hybridized carbons (Fsp3) is 0. The van der Waals surface area contributed by atoms with Crippen LogP contribution in [0.2, 0.25) is 15.1 Å². The molecule has 0 radical (unpaired) electrons. The number of hydrogen-bond donors (Lipinski definition) is 2. The number of halogens is 3. The van der Waals surface area contributed by atoms with E-state index in [9.17, 15) is 18.3 Å². The molecule has 0 saturated heterocycles. The molecular formula is C17H10Cl3NO4S2. The van der Waals surface area contributed by atoms with Crippen molar-refractivity contribution in [1.82, 2.24) is 0 Å². The molecule has 3 rings (SSSR count). The number of nitrogens with one attached hydrogen (secondary N) is 1. The first-order chi connectivity index (χ1) is 12.7. The van der Waals surface area contributed by atoms with Crippen molar-refractivity contribution >= 4 is 67.8 Å². The summed E-state index contributed by atoms with van der Waals surface area (Å²) in [7, 11) is -4.19. The van der Waals surface area contributed by atoms with E-state index >= 15 is 0 Å². The SMILES string of the molecule is O=C(O)c1sc(-c2ccccc2)cc1NS(=O)(=O)c1ccc(Cl)c(Cl)c1Cl. The van der Waals surface area contributed by atoms with Crippen LogP contribution in [-0.4, -0.2) is 19.5 Å². The van der Waals surface area contributed by atoms with E-state index in [2.05, 4.69) is 4.72 Å². The Labute approximate surface area is 174 Å². The molecule has 0 amide bonds. The fourth-order valence-corrected chi connectivity index (χ4v) is 5.35. The zero-order chi connectivity index (χ0) is 19.8. The zero-order valence-corrected chi connectivity index (χ0v) is 17.1. The van der Waals surface area contributed by atoms with Crippen LogP contribution in [0.15, 0.2) is 53.4 Å². The Morgan fingerprint density at radius 1 is 1.00 bits per heavy atom. The third-order valence-corrected chi connectivity index (χ3v) is 7.50. The highest BCUT2D eigenvalue weighted by atomic mass is 35.5. The number of rotatable bonds is 5. The third-order valence-electron chi connectivity index (χ3n) is 3.52. The van der Waals surface area contributed by atoms with Gasteiger partial charge in [-0.3, -0.25) is 4.72 Å². The van der Waals surface area contributed by atoms with Crippen molar-refractivity contribution in [2.45, 2.75) is 4.90 Å². The first-order valence-corrected chi connectivity index (χ1v) is 10.7. The number of sulfonamides is 1. The lowest BCUT2D eigenvalue weighted by atomic mass is 10.2. The molecule has 0 bridgehead atoms. The smallest absolute Gasteiger partial charge is 0.348 e. The molecule has 5 nitrogen and oxygen atoms in total. The summed E-state index contributed by atoms with van der Waals surface area (Å²) >= 11 is 18.7. The lowest BCUT2D eigenvalue weighted by molar-refractivity contribution is 0.0703. The van der Waals surface area contributed by atoms with E-state index in [0.29, 0.717) is 4.88 Å². The van der Waals surface area contributed by atoms with Crippen molar-refractivity contribution in [3.63, 3.8) is 0 Å². The molecule has 27 heavy (non-hydrogen) atoms. The number of carboxylic acid groups (broad SMARTS) is 1. The molecule has 0 aliphatic carbocycles. The Hall–Kier alpha value is -1.77. The molecule has 0 saturated carbocycles. The number of carbonyl (C=O) groups is 1. The first-order valence-electron chi connectivity index (χ1n) is 7.29. The molecule has 0 spiro atoms. The second-order valence-corrected chi connectivity index (χ2v) is 9.17. The van der Waals surface area contributed by atoms with Crippen LogP contribution in [0.25, 0.3) is 10.4 Å². The Balaban J connectivity index is 2.06. The lowest BCUT2D eigenvalue weighted by Gasteiger charge is -2.10. The van der Waals surface area contributed by atoms with E-state index in [1.807, 2.05) is 6.07 Å². The number of anilines is 1. The van der Waals surface area contributed by atoms with E-state index in [1.54, 1.807) is 24.3 Å². The van der Waals surface area contributed by atoms with Gasteiger partial charge in [0.1, 0.15) is 9.77 Å². The number of aromatic carboxylic acids is 1. The average Bonchev–Trinajstić information content (AvgIpc) is 3.03. The predicted octanol–water partition coefficient (Wildman–Crippen LogP) is 5.87. The molecule has 0 aliphatic heterocycles. The standard InChI is InChI=1S/C17H10Cl3NO4S2/c18-10-6-7-13(15(20)14(10)19)27(24,25)21-11-8-12(26-16(11)17(22)23)9-4-2-1-3-5-9/h1-8,21H,(H,22,23). The number of carboxylic acids is 1. The van der Waals surface area contributed by atoms with Crippen LogP contribution < -0.4 is 4.72 Å². The van der Waals surface area contributed by atoms with E-state index in [1.165, 1.54) is 18.2 Å². The van der Waals surface area contributed by atoms with E-state index < -0.39 is 16.0 Å². The van der Waals surface area contributed by atoms with Gasteiger partial charge in [0.2, 0.25) is 0 Å². The third kappa shape index (κ3) is 4.07. The highest BCUT2D eigenvalue weighted by Gasteiger charge is 2.25. The summed E-state index contributed by atoms with van der Waals surface area (Å²) in [5, 5.41) is 9.20. The molecule has 10 heteroatoms. The van der Waals surface area contributed by atoms with Gasteiger partial charge in [0.15, 0.2) is 0 Å². The van der Waals surface area contributed by atoms with Crippen LogP contribution in [0.5, 0.6) is 0 Å². The summed E-state index contributed by atoms with van der Waals surface area (Å²) < 4.78 is 27.7. The van der Waals surface area contributed by atoms with Gasteiger partial charge in [-0.05, 0) is 23.8 Å². The molecule has 0 fully saturated rings. The van der Waals surface area contributed by atoms with E-state index in [0.717, 1.165) is 16.9 Å². The summed E-state index contributed by atoms with van der Waals surface area (Å²) in [6, 6.07) is 13.0. The molecule has 2 aromatic carbocycles. The molecule has 2 N–H and O–H groups in total. The Morgan fingerprint density at radius 2 is 1.67 bits per heavy atom. The molecule has 3 aromatic rings. The molecule has 0 unspecified atom stereocenters. The van der Waals surface area contributed by atoms with Crippen molar-refractivity contribution in [1.29, 1.82) is 0 Å². The maximum Gasteiger partial charge on any atom is 0.348 e. The van der Waals surface area contributed by atoms with Crippen LogP contribution in [-0.2, 0) is 10.0 Å². The largest absolute Gasteiger partial charge is 0.477 e. The van der Waals surface area contributed by atoms with Crippen LogP contribution >= 0.6 is 46.1 Å². The maximum atomic E-state index is 12.7. The van der Waals surface area contributed by atoms with Crippen molar-refractivity contribution in [2.24, 2.45) is 0 Å². The maximum absolute atomic E-state index is 12.7. The fourth-order valence-electron chi connectivity index (χ4n) is 2.29. The minimum absolute atomic E-state index is 0.0616. The van der Waals surface area contributed by atoms with Gasteiger partial charge in [0.05, 0.1) is 20.8 Å². The number of hydrogen-bond acceptors (Lipinski definition) is 4. The minimum atomic E-state index is -4.19. The molecule has 0 aliphatic rings. The van der Waals surface area contributed by atoms with Gasteiger partial charge in [-0.2, -0.15) is 0 Å². The van der Waals surface area contributed by atoms with Gasteiger partial charge in [-0.15, -0.1) is 11.3 Å².